The fourth-order valence-electron chi connectivity index (χ4n) is 4.34. The second-order valence-electron chi connectivity index (χ2n) is 9.95. The van der Waals surface area contributed by atoms with Crippen LogP contribution in [0.2, 0.25) is 0 Å². The van der Waals surface area contributed by atoms with Crippen LogP contribution < -0.4 is 0 Å². The lowest BCUT2D eigenvalue weighted by atomic mass is 10.1. The first-order valence-electron chi connectivity index (χ1n) is 14.8. The van der Waals surface area contributed by atoms with Crippen LogP contribution in [0.1, 0.15) is 156 Å². The number of carbonyl (C=O) groups is 1. The molecule has 0 rings (SSSR count). The summed E-state index contributed by atoms with van der Waals surface area (Å²) in [5.41, 5.74) is 0. The van der Waals surface area contributed by atoms with Crippen LogP contribution in [0.3, 0.4) is 0 Å². The molecule has 1 N–H and O–H groups in total. The van der Waals surface area contributed by atoms with E-state index in [0.29, 0.717) is 6.42 Å². The fourth-order valence-corrected chi connectivity index (χ4v) is 4.34. The van der Waals surface area contributed by atoms with Crippen molar-refractivity contribution in [3.05, 3.63) is 0 Å². The first-order chi connectivity index (χ1) is 16.2. The number of hydrogen-bond acceptors (Lipinski definition) is 3. The highest BCUT2D eigenvalue weighted by Gasteiger charge is 2.18. The van der Waals surface area contributed by atoms with E-state index in [2.05, 4.69) is 13.8 Å². The number of unbranched alkanes of at least 4 members (excludes halogenated alkanes) is 18. The smallest absolute Gasteiger partial charge is 0.410 e. The maximum Gasteiger partial charge on any atom is 0.410 e. The largest absolute Gasteiger partial charge is 0.444 e. The van der Waals surface area contributed by atoms with E-state index in [9.17, 15) is 9.90 Å². The normalized spacial score (nSPS) is 12.1. The molecule has 0 aliphatic carbocycles. The summed E-state index contributed by atoms with van der Waals surface area (Å²) in [6, 6.07) is 0. The number of ether oxygens (including phenoxy) is 1. The van der Waals surface area contributed by atoms with E-state index in [-0.39, 0.29) is 18.8 Å². The van der Waals surface area contributed by atoms with Crippen molar-refractivity contribution in [2.45, 2.75) is 162 Å². The molecular formula is C29H59NO3. The molecule has 4 nitrogen and oxygen atoms in total. The molecule has 0 heterocycles. The molecule has 0 aliphatic rings. The quantitative estimate of drug-likeness (QED) is 0.136. The predicted octanol–water partition coefficient (Wildman–Crippen LogP) is 9.04. The summed E-state index contributed by atoms with van der Waals surface area (Å²) in [5, 5.41) is 9.39. The lowest BCUT2D eigenvalue weighted by Crippen LogP contribution is -2.36. The van der Waals surface area contributed by atoms with Gasteiger partial charge in [0.25, 0.3) is 0 Å². The van der Waals surface area contributed by atoms with Gasteiger partial charge in [-0.2, -0.15) is 0 Å². The second kappa shape index (κ2) is 25.8. The zero-order valence-corrected chi connectivity index (χ0v) is 22.8. The fraction of sp³-hybridized carbons (Fsp3) is 0.966. The Morgan fingerprint density at radius 1 is 0.606 bits per heavy atom. The van der Waals surface area contributed by atoms with Crippen LogP contribution in [-0.4, -0.2) is 41.9 Å². The molecule has 0 fully saturated rings. The zero-order chi connectivity index (χ0) is 24.4. The van der Waals surface area contributed by atoms with Gasteiger partial charge in [0.2, 0.25) is 0 Å². The van der Waals surface area contributed by atoms with Gasteiger partial charge in [-0.05, 0) is 19.3 Å². The molecule has 0 aromatic rings. The Bertz CT molecular complexity index is 374. The van der Waals surface area contributed by atoms with E-state index in [1.807, 2.05) is 11.8 Å². The Morgan fingerprint density at radius 3 is 1.24 bits per heavy atom. The average Bonchev–Trinajstić information content (AvgIpc) is 2.83. The van der Waals surface area contributed by atoms with Crippen molar-refractivity contribution in [2.24, 2.45) is 0 Å². The van der Waals surface area contributed by atoms with Crippen molar-refractivity contribution < 1.29 is 14.6 Å². The van der Waals surface area contributed by atoms with Gasteiger partial charge < -0.3 is 14.7 Å². The Morgan fingerprint density at radius 2 is 0.939 bits per heavy atom. The van der Waals surface area contributed by atoms with Crippen LogP contribution in [0.4, 0.5) is 4.79 Å². The van der Waals surface area contributed by atoms with Crippen LogP contribution in [0.15, 0.2) is 0 Å². The molecule has 33 heavy (non-hydrogen) atoms. The molecule has 0 aromatic heterocycles. The summed E-state index contributed by atoms with van der Waals surface area (Å²) in [4.78, 5) is 14.5. The first-order valence-corrected chi connectivity index (χ1v) is 14.8. The molecular weight excluding hydrogens is 410 g/mol. The maximum absolute atomic E-state index is 12.6. The van der Waals surface area contributed by atoms with E-state index >= 15 is 0 Å². The van der Waals surface area contributed by atoms with Gasteiger partial charge in [-0.3, -0.25) is 0 Å². The van der Waals surface area contributed by atoms with Crippen molar-refractivity contribution in [1.82, 2.24) is 4.90 Å². The third kappa shape index (κ3) is 21.5. The molecule has 0 radical (unpaired) electrons. The SMILES string of the molecule is CCCCCCCCCCCCN(CCCCCCCCCCCC)C(=O)OC(CC)CO. The summed E-state index contributed by atoms with van der Waals surface area (Å²) < 4.78 is 5.53. The second-order valence-corrected chi connectivity index (χ2v) is 9.95. The summed E-state index contributed by atoms with van der Waals surface area (Å²) in [6.45, 7) is 7.96. The number of rotatable bonds is 25. The topological polar surface area (TPSA) is 49.8 Å². The van der Waals surface area contributed by atoms with Crippen molar-refractivity contribution >= 4 is 6.09 Å². The van der Waals surface area contributed by atoms with Crippen LogP contribution in [-0.2, 0) is 4.74 Å². The predicted molar refractivity (Wildman–Crippen MR) is 143 cm³/mol. The number of carbonyl (C=O) groups excluding carboxylic acids is 1. The number of nitrogens with zero attached hydrogens (tertiary/aromatic N) is 1. The molecule has 4 heteroatoms. The van der Waals surface area contributed by atoms with Crippen LogP contribution >= 0.6 is 0 Å². The van der Waals surface area contributed by atoms with E-state index in [4.69, 9.17) is 4.74 Å². The molecule has 0 saturated carbocycles. The molecule has 0 aliphatic heterocycles. The third-order valence-electron chi connectivity index (χ3n) is 6.75. The van der Waals surface area contributed by atoms with Gasteiger partial charge >= 0.3 is 6.09 Å². The van der Waals surface area contributed by atoms with Gasteiger partial charge in [0.05, 0.1) is 6.61 Å². The van der Waals surface area contributed by atoms with Crippen LogP contribution in [0.5, 0.6) is 0 Å². The Hall–Kier alpha value is -0.770. The summed E-state index contributed by atoms with van der Waals surface area (Å²) >= 11 is 0. The molecule has 0 bridgehead atoms. The number of amides is 1. The average molecular weight is 470 g/mol. The third-order valence-corrected chi connectivity index (χ3v) is 6.75. The molecule has 1 amide bonds. The summed E-state index contributed by atoms with van der Waals surface area (Å²) in [6.07, 6.45) is 26.1. The maximum atomic E-state index is 12.6. The Kier molecular flexibility index (Phi) is 25.2. The van der Waals surface area contributed by atoms with E-state index in [0.717, 1.165) is 25.9 Å². The van der Waals surface area contributed by atoms with Gasteiger partial charge in [0.15, 0.2) is 0 Å². The minimum Gasteiger partial charge on any atom is -0.444 e. The van der Waals surface area contributed by atoms with Gasteiger partial charge in [-0.15, -0.1) is 0 Å². The Labute approximate surface area is 207 Å². The molecule has 0 spiro atoms. The molecule has 0 saturated heterocycles. The van der Waals surface area contributed by atoms with Crippen molar-refractivity contribution in [3.8, 4) is 0 Å². The standard InChI is InChI=1S/C29H59NO3/c1-4-7-9-11-13-15-17-19-21-23-25-30(29(32)33-28(6-3)27-31)26-24-22-20-18-16-14-12-10-8-5-2/h28,31H,4-27H2,1-3H3. The molecule has 1 atom stereocenters. The van der Waals surface area contributed by atoms with Crippen molar-refractivity contribution in [2.75, 3.05) is 19.7 Å². The first kappa shape index (κ1) is 32.2. The number of hydrogen-bond donors (Lipinski definition) is 1. The van der Waals surface area contributed by atoms with E-state index < -0.39 is 0 Å². The highest BCUT2D eigenvalue weighted by molar-refractivity contribution is 5.67. The minimum absolute atomic E-state index is 0.0907. The number of aliphatic hydroxyl groups excluding tert-OH is 1. The molecule has 198 valence electrons. The highest BCUT2D eigenvalue weighted by atomic mass is 16.6. The lowest BCUT2D eigenvalue weighted by Gasteiger charge is -2.24. The molecule has 1 unspecified atom stereocenters. The van der Waals surface area contributed by atoms with Gasteiger partial charge in [-0.25, -0.2) is 4.79 Å². The van der Waals surface area contributed by atoms with Gasteiger partial charge in [0.1, 0.15) is 6.10 Å². The van der Waals surface area contributed by atoms with Gasteiger partial charge in [0, 0.05) is 13.1 Å². The Balaban J connectivity index is 4.03. The lowest BCUT2D eigenvalue weighted by molar-refractivity contribution is 0.0309. The summed E-state index contributed by atoms with van der Waals surface area (Å²) in [5.74, 6) is 0. The summed E-state index contributed by atoms with van der Waals surface area (Å²) in [7, 11) is 0. The van der Waals surface area contributed by atoms with E-state index in [1.165, 1.54) is 116 Å². The van der Waals surface area contributed by atoms with E-state index in [1.54, 1.807) is 0 Å². The highest BCUT2D eigenvalue weighted by Crippen LogP contribution is 2.14. The van der Waals surface area contributed by atoms with Crippen LogP contribution in [0.25, 0.3) is 0 Å². The van der Waals surface area contributed by atoms with Gasteiger partial charge in [-0.1, -0.05) is 136 Å². The monoisotopic (exact) mass is 469 g/mol. The number of aliphatic hydroxyl groups is 1. The minimum atomic E-state index is -0.375. The van der Waals surface area contributed by atoms with Crippen molar-refractivity contribution in [3.63, 3.8) is 0 Å². The van der Waals surface area contributed by atoms with Crippen molar-refractivity contribution in [1.29, 1.82) is 0 Å². The van der Waals surface area contributed by atoms with Crippen LogP contribution in [0, 0.1) is 0 Å². The zero-order valence-electron chi connectivity index (χ0n) is 22.8. The molecule has 0 aromatic carbocycles.